The smallest absolute Gasteiger partial charge is 0.160 e. The third-order valence-corrected chi connectivity index (χ3v) is 7.18. The number of nitrogens with one attached hydrogen (secondary N) is 2. The summed E-state index contributed by atoms with van der Waals surface area (Å²) in [6.07, 6.45) is 6.97. The van der Waals surface area contributed by atoms with Crippen molar-refractivity contribution < 1.29 is 9.13 Å². The molecule has 2 aliphatic heterocycles. The normalized spacial score (nSPS) is 19.0. The standard InChI is InChI=1S/C26H24FN9O/c1-15-21(37-18-8-9-35-23(10-18)30-14-32-35)6-4-19(24(15)27)33-26-25-20(29-13-31-26)5-7-22(34-25)36-16-2-3-17(36)12-28-11-16/h4-10,13-14,16-17,28H,2-3,11-12H2,1H3,(H,29,31,33). The van der Waals surface area contributed by atoms with Gasteiger partial charge in [-0.05, 0) is 50.1 Å². The average Bonchev–Trinajstić information content (AvgIpc) is 3.49. The summed E-state index contributed by atoms with van der Waals surface area (Å²) in [5, 5.41) is 10.7. The monoisotopic (exact) mass is 497 g/mol. The number of fused-ring (bicyclic) bond motifs is 4. The second-order valence-corrected chi connectivity index (χ2v) is 9.41. The highest BCUT2D eigenvalue weighted by molar-refractivity contribution is 5.88. The summed E-state index contributed by atoms with van der Waals surface area (Å²) in [7, 11) is 0. The maximum atomic E-state index is 15.5. The number of nitrogens with zero attached hydrogens (tertiary/aromatic N) is 7. The lowest BCUT2D eigenvalue weighted by atomic mass is 10.1. The predicted molar refractivity (Wildman–Crippen MR) is 137 cm³/mol. The first-order chi connectivity index (χ1) is 18.1. The fourth-order valence-electron chi connectivity index (χ4n) is 5.31. The number of rotatable bonds is 5. The first-order valence-corrected chi connectivity index (χ1v) is 12.3. The molecule has 2 fully saturated rings. The Morgan fingerprint density at radius 1 is 1.03 bits per heavy atom. The lowest BCUT2D eigenvalue weighted by molar-refractivity contribution is 0.471. The summed E-state index contributed by atoms with van der Waals surface area (Å²) in [4.78, 5) is 20.3. The van der Waals surface area contributed by atoms with Crippen molar-refractivity contribution in [1.82, 2.24) is 34.9 Å². The number of hydrogen-bond acceptors (Lipinski definition) is 9. The number of aromatic nitrogens is 6. The van der Waals surface area contributed by atoms with Crippen LogP contribution in [0.4, 0.5) is 21.7 Å². The van der Waals surface area contributed by atoms with E-state index in [1.165, 1.54) is 12.7 Å². The van der Waals surface area contributed by atoms with Gasteiger partial charge in [-0.3, -0.25) is 0 Å². The molecular formula is C26H24FN9O. The number of hydrogen-bond donors (Lipinski definition) is 2. The van der Waals surface area contributed by atoms with Crippen LogP contribution in [-0.2, 0) is 0 Å². The SMILES string of the molecule is Cc1c(Oc2ccn3ncnc3c2)ccc(Nc2ncnc3ccc(N4C5CCC4CNC5)nc23)c1F. The van der Waals surface area contributed by atoms with E-state index in [0.29, 0.717) is 51.6 Å². The molecule has 2 bridgehead atoms. The van der Waals surface area contributed by atoms with Crippen molar-refractivity contribution in [2.45, 2.75) is 31.8 Å². The highest BCUT2D eigenvalue weighted by atomic mass is 19.1. The molecule has 4 aromatic heterocycles. The third-order valence-electron chi connectivity index (χ3n) is 7.18. The number of pyridine rings is 2. The number of ether oxygens (including phenoxy) is 1. The Hall–Kier alpha value is -4.38. The van der Waals surface area contributed by atoms with Gasteiger partial charge in [0.25, 0.3) is 0 Å². The van der Waals surface area contributed by atoms with E-state index in [9.17, 15) is 0 Å². The second-order valence-electron chi connectivity index (χ2n) is 9.41. The molecule has 10 nitrogen and oxygen atoms in total. The van der Waals surface area contributed by atoms with Crippen molar-refractivity contribution >= 4 is 34.0 Å². The van der Waals surface area contributed by atoms with E-state index in [-0.39, 0.29) is 5.69 Å². The lowest BCUT2D eigenvalue weighted by Gasteiger charge is -2.36. The van der Waals surface area contributed by atoms with E-state index in [1.54, 1.807) is 41.9 Å². The molecule has 37 heavy (non-hydrogen) atoms. The Balaban J connectivity index is 1.19. The molecule has 2 unspecified atom stereocenters. The molecular weight excluding hydrogens is 473 g/mol. The van der Waals surface area contributed by atoms with E-state index in [1.807, 2.05) is 12.1 Å². The first-order valence-electron chi connectivity index (χ1n) is 12.3. The van der Waals surface area contributed by atoms with Crippen LogP contribution >= 0.6 is 0 Å². The Morgan fingerprint density at radius 2 is 1.89 bits per heavy atom. The molecule has 186 valence electrons. The Morgan fingerprint density at radius 3 is 2.76 bits per heavy atom. The largest absolute Gasteiger partial charge is 0.457 e. The summed E-state index contributed by atoms with van der Waals surface area (Å²) >= 11 is 0. The van der Waals surface area contributed by atoms with Crippen LogP contribution in [0.5, 0.6) is 11.5 Å². The van der Waals surface area contributed by atoms with E-state index >= 15 is 4.39 Å². The molecule has 11 heteroatoms. The van der Waals surface area contributed by atoms with Crippen molar-refractivity contribution in [1.29, 1.82) is 0 Å². The molecule has 2 aliphatic rings. The molecule has 0 spiro atoms. The van der Waals surface area contributed by atoms with Gasteiger partial charge in [-0.2, -0.15) is 5.10 Å². The van der Waals surface area contributed by atoms with Crippen LogP contribution in [0.15, 0.2) is 55.2 Å². The van der Waals surface area contributed by atoms with Crippen LogP contribution in [0.1, 0.15) is 18.4 Å². The van der Waals surface area contributed by atoms with Crippen molar-refractivity contribution in [3.05, 3.63) is 66.6 Å². The van der Waals surface area contributed by atoms with Crippen LogP contribution < -0.4 is 20.3 Å². The molecule has 0 saturated carbocycles. The Kier molecular flexibility index (Phi) is 5.10. The minimum absolute atomic E-state index is 0.284. The zero-order chi connectivity index (χ0) is 24.9. The van der Waals surface area contributed by atoms with Gasteiger partial charge in [0.05, 0.1) is 11.2 Å². The van der Waals surface area contributed by atoms with E-state index in [2.05, 4.69) is 35.6 Å². The minimum atomic E-state index is -0.427. The molecule has 0 amide bonds. The molecule has 2 saturated heterocycles. The maximum Gasteiger partial charge on any atom is 0.160 e. The fourth-order valence-corrected chi connectivity index (χ4v) is 5.31. The van der Waals surface area contributed by atoms with E-state index in [0.717, 1.165) is 31.7 Å². The van der Waals surface area contributed by atoms with Crippen molar-refractivity contribution in [3.8, 4) is 11.5 Å². The topological polar surface area (TPSA) is 105 Å². The second kappa shape index (κ2) is 8.63. The average molecular weight is 498 g/mol. The summed E-state index contributed by atoms with van der Waals surface area (Å²) in [5.74, 6) is 1.89. The first kappa shape index (κ1) is 21.9. The van der Waals surface area contributed by atoms with E-state index in [4.69, 9.17) is 9.72 Å². The molecule has 5 aromatic rings. The maximum absolute atomic E-state index is 15.5. The molecule has 0 radical (unpaired) electrons. The summed E-state index contributed by atoms with van der Waals surface area (Å²) in [6, 6.07) is 11.7. The summed E-state index contributed by atoms with van der Waals surface area (Å²) < 4.78 is 23.1. The summed E-state index contributed by atoms with van der Waals surface area (Å²) in [5.41, 5.74) is 2.61. The predicted octanol–water partition coefficient (Wildman–Crippen LogP) is 3.99. The van der Waals surface area contributed by atoms with Gasteiger partial charge in [-0.1, -0.05) is 0 Å². The van der Waals surface area contributed by atoms with Gasteiger partial charge in [0.1, 0.15) is 35.5 Å². The van der Waals surface area contributed by atoms with Crippen LogP contribution in [0, 0.1) is 12.7 Å². The Labute approximate surface area is 211 Å². The highest BCUT2D eigenvalue weighted by Gasteiger charge is 2.37. The molecule has 2 N–H and O–H groups in total. The van der Waals surface area contributed by atoms with Gasteiger partial charge in [0.15, 0.2) is 17.3 Å². The fraction of sp³-hybridized carbons (Fsp3) is 0.269. The van der Waals surface area contributed by atoms with Crippen molar-refractivity contribution in [2.75, 3.05) is 23.3 Å². The molecule has 1 aromatic carbocycles. The van der Waals surface area contributed by atoms with Crippen LogP contribution in [0.3, 0.4) is 0 Å². The van der Waals surface area contributed by atoms with Gasteiger partial charge >= 0.3 is 0 Å². The van der Waals surface area contributed by atoms with E-state index < -0.39 is 5.82 Å². The van der Waals surface area contributed by atoms with Gasteiger partial charge in [0.2, 0.25) is 0 Å². The van der Waals surface area contributed by atoms with Crippen molar-refractivity contribution in [2.24, 2.45) is 0 Å². The minimum Gasteiger partial charge on any atom is -0.457 e. The lowest BCUT2D eigenvalue weighted by Crippen LogP contribution is -2.52. The van der Waals surface area contributed by atoms with Crippen LogP contribution in [-0.4, -0.2) is 54.7 Å². The molecule has 2 atom stereocenters. The number of halogens is 1. The van der Waals surface area contributed by atoms with Crippen LogP contribution in [0.25, 0.3) is 16.7 Å². The highest BCUT2D eigenvalue weighted by Crippen LogP contribution is 2.35. The molecule has 7 rings (SSSR count). The van der Waals surface area contributed by atoms with Gasteiger partial charge in [-0.15, -0.1) is 0 Å². The quantitative estimate of drug-likeness (QED) is 0.373. The molecule has 6 heterocycles. The summed E-state index contributed by atoms with van der Waals surface area (Å²) in [6.45, 7) is 3.59. The Bertz CT molecular complexity index is 1620. The number of anilines is 3. The van der Waals surface area contributed by atoms with Gasteiger partial charge in [-0.25, -0.2) is 28.8 Å². The molecule has 0 aliphatic carbocycles. The van der Waals surface area contributed by atoms with Gasteiger partial charge in [0, 0.05) is 43.0 Å². The third kappa shape index (κ3) is 3.78. The number of benzene rings is 1. The van der Waals surface area contributed by atoms with Crippen molar-refractivity contribution in [3.63, 3.8) is 0 Å². The van der Waals surface area contributed by atoms with Crippen LogP contribution in [0.2, 0.25) is 0 Å². The zero-order valence-electron chi connectivity index (χ0n) is 20.1. The van der Waals surface area contributed by atoms with Gasteiger partial charge < -0.3 is 20.3 Å². The number of piperazine rings is 1. The zero-order valence-corrected chi connectivity index (χ0v) is 20.1.